The molecule has 2 aliphatic heterocycles. The lowest BCUT2D eigenvalue weighted by Crippen LogP contribution is -2.27. The maximum absolute atomic E-state index is 12.7. The van der Waals surface area contributed by atoms with Crippen LogP contribution in [0.25, 0.3) is 6.08 Å². The number of fused-ring (bicyclic) bond motifs is 2. The number of benzene rings is 2. The van der Waals surface area contributed by atoms with Crippen molar-refractivity contribution in [1.29, 1.82) is 0 Å². The molecule has 0 saturated carbocycles. The lowest BCUT2D eigenvalue weighted by molar-refractivity contribution is -0.114. The number of rotatable bonds is 4. The molecular weight excluding hydrogens is 376 g/mol. The summed E-state index contributed by atoms with van der Waals surface area (Å²) >= 11 is 0. The predicted octanol–water partition coefficient (Wildman–Crippen LogP) is 2.47. The number of hydrogen-bond acceptors (Lipinski definition) is 4. The molecule has 0 radical (unpaired) electrons. The van der Waals surface area contributed by atoms with Crippen molar-refractivity contribution in [1.82, 2.24) is 4.31 Å². The Hall–Kier alpha value is -2.64. The molecule has 0 saturated heterocycles. The number of hydrogen-bond donors (Lipinski definition) is 0. The van der Waals surface area contributed by atoms with Gasteiger partial charge in [0.05, 0.1) is 11.5 Å². The van der Waals surface area contributed by atoms with Gasteiger partial charge in [-0.3, -0.25) is 4.79 Å². The summed E-state index contributed by atoms with van der Waals surface area (Å²) in [6.07, 6.45) is 4.91. The van der Waals surface area contributed by atoms with Crippen molar-refractivity contribution in [2.24, 2.45) is 0 Å². The number of carbonyl (C=O) groups excluding carboxylic acids is 1. The maximum Gasteiger partial charge on any atom is 0.251 e. The molecule has 0 unspecified atom stereocenters. The summed E-state index contributed by atoms with van der Waals surface area (Å²) in [5.74, 6) is 0.805. The van der Waals surface area contributed by atoms with Crippen LogP contribution < -0.4 is 9.64 Å². The average Bonchev–Trinajstić information content (AvgIpc) is 3.31. The van der Waals surface area contributed by atoms with Gasteiger partial charge in [0.1, 0.15) is 5.75 Å². The Kier molecular flexibility index (Phi) is 4.72. The topological polar surface area (TPSA) is 66.9 Å². The van der Waals surface area contributed by atoms with Crippen LogP contribution in [-0.2, 0) is 27.7 Å². The zero-order valence-electron chi connectivity index (χ0n) is 15.9. The second kappa shape index (κ2) is 7.07. The van der Waals surface area contributed by atoms with Crippen LogP contribution in [-0.4, -0.2) is 45.9 Å². The summed E-state index contributed by atoms with van der Waals surface area (Å²) in [5.41, 5.74) is 3.77. The van der Waals surface area contributed by atoms with Gasteiger partial charge in [-0.25, -0.2) is 12.7 Å². The van der Waals surface area contributed by atoms with E-state index < -0.39 is 10.0 Å². The lowest BCUT2D eigenvalue weighted by atomic mass is 10.1. The number of amides is 1. The Morgan fingerprint density at radius 3 is 2.71 bits per heavy atom. The molecule has 0 atom stereocenters. The summed E-state index contributed by atoms with van der Waals surface area (Å²) in [5, 5.41) is 0. The van der Waals surface area contributed by atoms with E-state index in [0.717, 1.165) is 34.5 Å². The number of anilines is 1. The highest BCUT2D eigenvalue weighted by molar-refractivity contribution is 7.89. The Morgan fingerprint density at radius 2 is 1.93 bits per heavy atom. The van der Waals surface area contributed by atoms with Crippen LogP contribution in [0.4, 0.5) is 5.69 Å². The first-order valence-electron chi connectivity index (χ1n) is 9.17. The Morgan fingerprint density at radius 1 is 1.11 bits per heavy atom. The standard InChI is InChI=1S/C21H22N2O4S/c1-22(2)28(25,26)18-5-6-19-16(14-18)9-11-23(19)21(24)8-4-15-3-7-20-17(13-15)10-12-27-20/h3-8,13-14H,9-12H2,1-2H3. The lowest BCUT2D eigenvalue weighted by Gasteiger charge is -2.16. The van der Waals surface area contributed by atoms with Gasteiger partial charge in [0, 0.05) is 38.8 Å². The van der Waals surface area contributed by atoms with Crippen LogP contribution >= 0.6 is 0 Å². The van der Waals surface area contributed by atoms with Crippen molar-refractivity contribution in [3.63, 3.8) is 0 Å². The Balaban J connectivity index is 1.53. The minimum absolute atomic E-state index is 0.112. The van der Waals surface area contributed by atoms with E-state index in [4.69, 9.17) is 4.74 Å². The molecule has 146 valence electrons. The molecule has 0 spiro atoms. The van der Waals surface area contributed by atoms with Crippen molar-refractivity contribution in [2.75, 3.05) is 32.1 Å². The van der Waals surface area contributed by atoms with Crippen LogP contribution in [0.5, 0.6) is 5.75 Å². The van der Waals surface area contributed by atoms with Gasteiger partial charge in [-0.1, -0.05) is 6.07 Å². The number of carbonyl (C=O) groups is 1. The van der Waals surface area contributed by atoms with E-state index in [2.05, 4.69) is 0 Å². The minimum Gasteiger partial charge on any atom is -0.493 e. The summed E-state index contributed by atoms with van der Waals surface area (Å²) < 4.78 is 31.3. The largest absolute Gasteiger partial charge is 0.493 e. The van der Waals surface area contributed by atoms with Crippen molar-refractivity contribution < 1.29 is 17.9 Å². The predicted molar refractivity (Wildman–Crippen MR) is 108 cm³/mol. The number of sulfonamides is 1. The third-order valence-corrected chi connectivity index (χ3v) is 6.93. The third-order valence-electron chi connectivity index (χ3n) is 5.12. The van der Waals surface area contributed by atoms with Crippen molar-refractivity contribution >= 4 is 27.7 Å². The molecule has 2 heterocycles. The fourth-order valence-corrected chi connectivity index (χ4v) is 4.50. The molecule has 2 aromatic rings. The van der Waals surface area contributed by atoms with Crippen LogP contribution in [0, 0.1) is 0 Å². The fraction of sp³-hybridized carbons (Fsp3) is 0.286. The van der Waals surface area contributed by atoms with Crippen molar-refractivity contribution in [2.45, 2.75) is 17.7 Å². The first kappa shape index (κ1) is 18.7. The molecule has 2 aliphatic rings. The second-order valence-electron chi connectivity index (χ2n) is 7.12. The minimum atomic E-state index is -3.48. The molecule has 2 aromatic carbocycles. The van der Waals surface area contributed by atoms with Crippen molar-refractivity contribution in [3.8, 4) is 5.75 Å². The summed E-state index contributed by atoms with van der Waals surface area (Å²) in [4.78, 5) is 14.6. The van der Waals surface area contributed by atoms with Gasteiger partial charge in [-0.2, -0.15) is 0 Å². The Labute approximate surface area is 165 Å². The van der Waals surface area contributed by atoms with Crippen molar-refractivity contribution in [3.05, 3.63) is 59.2 Å². The molecule has 0 fully saturated rings. The molecule has 0 bridgehead atoms. The highest BCUT2D eigenvalue weighted by Gasteiger charge is 2.26. The molecule has 0 aromatic heterocycles. The molecular formula is C21H22N2O4S. The summed E-state index contributed by atoms with van der Waals surface area (Å²) in [6.45, 7) is 1.25. The zero-order valence-corrected chi connectivity index (χ0v) is 16.7. The molecule has 1 amide bonds. The van der Waals surface area contributed by atoms with E-state index in [1.54, 1.807) is 29.2 Å². The van der Waals surface area contributed by atoms with Gasteiger partial charge < -0.3 is 9.64 Å². The second-order valence-corrected chi connectivity index (χ2v) is 9.27. The number of ether oxygens (including phenoxy) is 1. The van der Waals surface area contributed by atoms with Crippen LogP contribution in [0.1, 0.15) is 16.7 Å². The first-order valence-corrected chi connectivity index (χ1v) is 10.6. The monoisotopic (exact) mass is 398 g/mol. The van der Waals surface area contributed by atoms with Gasteiger partial charge in [-0.15, -0.1) is 0 Å². The van der Waals surface area contributed by atoms with E-state index in [1.165, 1.54) is 18.4 Å². The SMILES string of the molecule is CN(C)S(=O)(=O)c1ccc2c(c1)CCN2C(=O)C=Cc1ccc2c(c1)CCO2. The van der Waals surface area contributed by atoms with E-state index in [0.29, 0.717) is 19.6 Å². The molecule has 28 heavy (non-hydrogen) atoms. The Bertz CT molecular complexity index is 1070. The first-order chi connectivity index (χ1) is 13.4. The van der Waals surface area contributed by atoms with Crippen LogP contribution in [0.2, 0.25) is 0 Å². The molecule has 0 aliphatic carbocycles. The quantitative estimate of drug-likeness (QED) is 0.742. The summed E-state index contributed by atoms with van der Waals surface area (Å²) in [6, 6.07) is 10.9. The van der Waals surface area contributed by atoms with Gasteiger partial charge in [-0.05, 0) is 59.5 Å². The summed E-state index contributed by atoms with van der Waals surface area (Å²) in [7, 11) is -0.465. The number of nitrogens with zero attached hydrogens (tertiary/aromatic N) is 2. The van der Waals surface area contributed by atoms with Gasteiger partial charge in [0.15, 0.2) is 0 Å². The van der Waals surface area contributed by atoms with E-state index >= 15 is 0 Å². The van der Waals surface area contributed by atoms with Crippen LogP contribution in [0.3, 0.4) is 0 Å². The normalized spacial score (nSPS) is 15.8. The average molecular weight is 398 g/mol. The van der Waals surface area contributed by atoms with Gasteiger partial charge in [0.2, 0.25) is 10.0 Å². The van der Waals surface area contributed by atoms with Gasteiger partial charge >= 0.3 is 0 Å². The van der Waals surface area contributed by atoms with Gasteiger partial charge in [0.25, 0.3) is 5.91 Å². The van der Waals surface area contributed by atoms with Crippen LogP contribution in [0.15, 0.2) is 47.4 Å². The third kappa shape index (κ3) is 3.31. The smallest absolute Gasteiger partial charge is 0.251 e. The zero-order chi connectivity index (χ0) is 19.9. The highest BCUT2D eigenvalue weighted by atomic mass is 32.2. The maximum atomic E-state index is 12.7. The van der Waals surface area contributed by atoms with E-state index in [-0.39, 0.29) is 10.8 Å². The highest BCUT2D eigenvalue weighted by Crippen LogP contribution is 2.31. The molecule has 7 heteroatoms. The van der Waals surface area contributed by atoms with E-state index in [9.17, 15) is 13.2 Å². The van der Waals surface area contributed by atoms with E-state index in [1.807, 2.05) is 24.3 Å². The molecule has 4 rings (SSSR count). The molecule has 0 N–H and O–H groups in total. The fourth-order valence-electron chi connectivity index (χ4n) is 3.55. The molecule has 6 nitrogen and oxygen atoms in total.